The van der Waals surface area contributed by atoms with Gasteiger partial charge in [0.2, 0.25) is 0 Å². The summed E-state index contributed by atoms with van der Waals surface area (Å²) in [6, 6.07) is 0. The minimum absolute atomic E-state index is 0.0520. The maximum atomic E-state index is 15.0. The van der Waals surface area contributed by atoms with Gasteiger partial charge in [0.25, 0.3) is 7.59 Å². The molecule has 8 saturated carbocycles. The second kappa shape index (κ2) is 8.13. The van der Waals surface area contributed by atoms with Crippen LogP contribution in [0.2, 0.25) is 0 Å². The Balaban J connectivity index is 1.30. The van der Waals surface area contributed by atoms with E-state index in [0.717, 1.165) is 35.5 Å². The SMILES string of the molecule is O=P(NC12CC3CC(CC(C3)C1)C2)(NC12CC3CC(CC(C3)C1)C2)N(CCCl)CCCl. The molecule has 0 aliphatic heterocycles. The van der Waals surface area contributed by atoms with Crippen molar-refractivity contribution >= 4 is 30.8 Å². The number of halogens is 2. The molecule has 8 fully saturated rings. The maximum absolute atomic E-state index is 15.0. The lowest BCUT2D eigenvalue weighted by molar-refractivity contribution is -0.0164. The van der Waals surface area contributed by atoms with Crippen LogP contribution in [0.5, 0.6) is 0 Å². The molecule has 0 aromatic carbocycles. The molecule has 31 heavy (non-hydrogen) atoms. The van der Waals surface area contributed by atoms with Crippen molar-refractivity contribution in [3.05, 3.63) is 0 Å². The number of alkyl halides is 2. The smallest absolute Gasteiger partial charge is 0.271 e. The summed E-state index contributed by atoms with van der Waals surface area (Å²) in [5, 5.41) is 7.87. The van der Waals surface area contributed by atoms with Gasteiger partial charge in [0.1, 0.15) is 0 Å². The zero-order valence-electron chi connectivity index (χ0n) is 18.8. The van der Waals surface area contributed by atoms with E-state index in [2.05, 4.69) is 14.8 Å². The van der Waals surface area contributed by atoms with Crippen LogP contribution in [0.15, 0.2) is 0 Å². The van der Waals surface area contributed by atoms with Crippen molar-refractivity contribution in [2.24, 2.45) is 35.5 Å². The first-order valence-corrected chi connectivity index (χ1v) is 15.7. The van der Waals surface area contributed by atoms with E-state index in [1.54, 1.807) is 0 Å². The van der Waals surface area contributed by atoms with Gasteiger partial charge in [-0.05, 0) is 113 Å². The Bertz CT molecular complexity index is 620. The van der Waals surface area contributed by atoms with Crippen LogP contribution >= 0.6 is 30.8 Å². The van der Waals surface area contributed by atoms with Gasteiger partial charge >= 0.3 is 0 Å². The minimum Gasteiger partial charge on any atom is -0.271 e. The molecule has 7 heteroatoms. The molecule has 0 saturated heterocycles. The molecule has 8 bridgehead atoms. The van der Waals surface area contributed by atoms with Gasteiger partial charge in [-0.2, -0.15) is 0 Å². The number of hydrogen-bond donors (Lipinski definition) is 2. The molecule has 4 nitrogen and oxygen atoms in total. The third kappa shape index (κ3) is 4.08. The van der Waals surface area contributed by atoms with Crippen molar-refractivity contribution in [3.8, 4) is 0 Å². The van der Waals surface area contributed by atoms with Gasteiger partial charge in [-0.25, -0.2) is 14.8 Å². The third-order valence-electron chi connectivity index (χ3n) is 9.94. The molecule has 8 rings (SSSR count). The Morgan fingerprint density at radius 3 is 1.19 bits per heavy atom. The summed E-state index contributed by atoms with van der Waals surface area (Å²) in [6.45, 7) is 1.26. The van der Waals surface area contributed by atoms with Crippen molar-refractivity contribution in [1.82, 2.24) is 14.8 Å². The summed E-state index contributed by atoms with van der Waals surface area (Å²) in [5.74, 6) is 5.99. The number of nitrogens with zero attached hydrogens (tertiary/aromatic N) is 1. The number of rotatable bonds is 9. The van der Waals surface area contributed by atoms with Gasteiger partial charge in [0.15, 0.2) is 0 Å². The van der Waals surface area contributed by atoms with Crippen LogP contribution in [0.3, 0.4) is 0 Å². The normalized spacial score (nSPS) is 49.1. The first-order chi connectivity index (χ1) is 14.9. The van der Waals surface area contributed by atoms with E-state index >= 15 is 4.57 Å². The van der Waals surface area contributed by atoms with Crippen molar-refractivity contribution < 1.29 is 4.57 Å². The lowest BCUT2D eigenvalue weighted by atomic mass is 9.53. The summed E-state index contributed by atoms with van der Waals surface area (Å²) in [7, 11) is -3.00. The molecular weight excluding hydrogens is 448 g/mol. The first kappa shape index (κ1) is 22.2. The fraction of sp³-hybridized carbons (Fsp3) is 1.00. The first-order valence-electron chi connectivity index (χ1n) is 13.0. The monoisotopic (exact) mass is 487 g/mol. The molecule has 2 N–H and O–H groups in total. The van der Waals surface area contributed by atoms with Gasteiger partial charge in [0, 0.05) is 35.9 Å². The molecular formula is C24H40Cl2N3OP. The van der Waals surface area contributed by atoms with Crippen LogP contribution in [0.1, 0.15) is 77.0 Å². The topological polar surface area (TPSA) is 44.4 Å². The molecule has 0 atom stereocenters. The predicted molar refractivity (Wildman–Crippen MR) is 129 cm³/mol. The predicted octanol–water partition coefficient (Wildman–Crippen LogP) is 5.99. The fourth-order valence-electron chi connectivity index (χ4n) is 9.90. The molecule has 8 aliphatic rings. The number of hydrogen-bond acceptors (Lipinski definition) is 1. The quantitative estimate of drug-likeness (QED) is 0.309. The van der Waals surface area contributed by atoms with Crippen LogP contribution in [0.4, 0.5) is 0 Å². The summed E-state index contributed by atoms with van der Waals surface area (Å²) < 4.78 is 17.2. The Labute approximate surface area is 198 Å². The molecule has 0 radical (unpaired) electrons. The average molecular weight is 488 g/mol. The summed E-state index contributed by atoms with van der Waals surface area (Å²) in [5.41, 5.74) is 0.104. The highest BCUT2D eigenvalue weighted by atomic mass is 35.5. The lowest BCUT2D eigenvalue weighted by Crippen LogP contribution is -2.63. The van der Waals surface area contributed by atoms with Crippen molar-refractivity contribution in [2.45, 2.75) is 88.1 Å². The van der Waals surface area contributed by atoms with Crippen molar-refractivity contribution in [1.29, 1.82) is 0 Å². The Morgan fingerprint density at radius 1 is 0.645 bits per heavy atom. The van der Waals surface area contributed by atoms with E-state index in [1.807, 2.05) is 0 Å². The summed E-state index contributed by atoms with van der Waals surface area (Å²) >= 11 is 12.5. The van der Waals surface area contributed by atoms with Gasteiger partial charge in [-0.1, -0.05) is 0 Å². The van der Waals surface area contributed by atoms with E-state index in [0.29, 0.717) is 24.8 Å². The molecule has 0 aromatic heterocycles. The molecule has 0 amide bonds. The lowest BCUT2D eigenvalue weighted by Gasteiger charge is -2.60. The van der Waals surface area contributed by atoms with E-state index in [9.17, 15) is 0 Å². The van der Waals surface area contributed by atoms with Crippen molar-refractivity contribution in [2.75, 3.05) is 24.8 Å². The minimum atomic E-state index is -3.00. The third-order valence-corrected chi connectivity index (χ3v) is 13.0. The second-order valence-electron chi connectivity index (χ2n) is 12.5. The molecule has 8 aliphatic carbocycles. The molecule has 0 unspecified atom stereocenters. The van der Waals surface area contributed by atoms with Crippen LogP contribution in [-0.4, -0.2) is 40.6 Å². The Hall–Kier alpha value is 0.690. The fourth-order valence-corrected chi connectivity index (χ4v) is 13.5. The van der Waals surface area contributed by atoms with Gasteiger partial charge in [-0.3, -0.25) is 4.57 Å². The van der Waals surface area contributed by atoms with Crippen LogP contribution in [-0.2, 0) is 4.57 Å². The van der Waals surface area contributed by atoms with Gasteiger partial charge < -0.3 is 0 Å². The van der Waals surface area contributed by atoms with Crippen molar-refractivity contribution in [3.63, 3.8) is 0 Å². The summed E-state index contributed by atoms with van der Waals surface area (Å²) in [6.07, 6.45) is 15.7. The zero-order chi connectivity index (χ0) is 21.3. The van der Waals surface area contributed by atoms with Gasteiger partial charge in [-0.15, -0.1) is 23.2 Å². The number of nitrogens with one attached hydrogen (secondary N) is 2. The van der Waals surface area contributed by atoms with Crippen LogP contribution < -0.4 is 10.2 Å². The van der Waals surface area contributed by atoms with E-state index in [-0.39, 0.29) is 11.1 Å². The summed E-state index contributed by atoms with van der Waals surface area (Å²) in [4.78, 5) is 0. The molecule has 0 spiro atoms. The molecule has 0 heterocycles. The van der Waals surface area contributed by atoms with Crippen LogP contribution in [0.25, 0.3) is 0 Å². The second-order valence-corrected chi connectivity index (χ2v) is 15.4. The van der Waals surface area contributed by atoms with E-state index in [4.69, 9.17) is 23.2 Å². The Kier molecular flexibility index (Phi) is 5.81. The maximum Gasteiger partial charge on any atom is 0.282 e. The molecule has 0 aromatic rings. The highest BCUT2D eigenvalue weighted by Crippen LogP contribution is 2.62. The van der Waals surface area contributed by atoms with Crippen LogP contribution in [0, 0.1) is 35.5 Å². The zero-order valence-corrected chi connectivity index (χ0v) is 21.2. The largest absolute Gasteiger partial charge is 0.282 e. The molecule has 176 valence electrons. The Morgan fingerprint density at radius 2 is 0.935 bits per heavy atom. The van der Waals surface area contributed by atoms with E-state index in [1.165, 1.54) is 77.0 Å². The highest BCUT2D eigenvalue weighted by Gasteiger charge is 2.57. The van der Waals surface area contributed by atoms with Gasteiger partial charge in [0.05, 0.1) is 0 Å². The van der Waals surface area contributed by atoms with E-state index < -0.39 is 7.59 Å². The highest BCUT2D eigenvalue weighted by molar-refractivity contribution is 7.57. The average Bonchev–Trinajstić information content (AvgIpc) is 2.64. The standard InChI is InChI=1S/C24H40Cl2N3OP/c25-1-3-29(4-2-26)31(30,27-23-11-17-5-18(12-23)7-19(6-17)13-23)28-24-14-20-8-21(15-24)10-22(9-20)16-24/h17-22H,1-16H2,(H2,27,28,30).